The number of nitrogens with two attached hydrogens (primary N) is 1. The van der Waals surface area contributed by atoms with Crippen molar-refractivity contribution >= 4 is 34.8 Å². The van der Waals surface area contributed by atoms with Gasteiger partial charge in [-0.3, -0.25) is 4.40 Å². The van der Waals surface area contributed by atoms with E-state index in [9.17, 15) is 0 Å². The Morgan fingerprint density at radius 2 is 1.92 bits per heavy atom. The second-order valence-electron chi connectivity index (χ2n) is 7.24. The number of anilines is 1. The largest absolute Gasteiger partial charge is 0.342 e. The lowest BCUT2D eigenvalue weighted by molar-refractivity contribution is 0.361. The SMILES string of the molecule is Cc1nc(N2CCC(C)(N)CC2)n2ccnc2c1-c1cccc(Cl)c1Cl. The molecule has 26 heavy (non-hydrogen) atoms. The van der Waals surface area contributed by atoms with Gasteiger partial charge in [0, 0.05) is 42.1 Å². The summed E-state index contributed by atoms with van der Waals surface area (Å²) < 4.78 is 2.03. The van der Waals surface area contributed by atoms with Crippen molar-refractivity contribution < 1.29 is 0 Å². The quantitative estimate of drug-likeness (QED) is 0.708. The molecule has 3 aromatic rings. The molecule has 2 aromatic heterocycles. The molecule has 0 aliphatic carbocycles. The van der Waals surface area contributed by atoms with Crippen molar-refractivity contribution in [3.05, 3.63) is 46.3 Å². The average Bonchev–Trinajstić information content (AvgIpc) is 3.07. The fourth-order valence-corrected chi connectivity index (χ4v) is 3.92. The van der Waals surface area contributed by atoms with Gasteiger partial charge in [-0.25, -0.2) is 9.97 Å². The van der Waals surface area contributed by atoms with Crippen LogP contribution in [0, 0.1) is 6.92 Å². The van der Waals surface area contributed by atoms with Crippen molar-refractivity contribution in [1.29, 1.82) is 0 Å². The van der Waals surface area contributed by atoms with Gasteiger partial charge in [0.05, 0.1) is 15.7 Å². The first kappa shape index (κ1) is 17.6. The van der Waals surface area contributed by atoms with Crippen molar-refractivity contribution in [1.82, 2.24) is 14.4 Å². The number of imidazole rings is 1. The van der Waals surface area contributed by atoms with Crippen LogP contribution < -0.4 is 10.6 Å². The standard InChI is InChI=1S/C19H21Cl2N5/c1-12-15(13-4-3-5-14(20)16(13)21)17-23-8-11-26(17)18(24-12)25-9-6-19(2,22)7-10-25/h3-5,8,11H,6-7,9-10,22H2,1-2H3. The summed E-state index contributed by atoms with van der Waals surface area (Å²) in [7, 11) is 0. The van der Waals surface area contributed by atoms with Crippen molar-refractivity contribution in [2.45, 2.75) is 32.2 Å². The molecule has 2 N–H and O–H groups in total. The number of hydrogen-bond acceptors (Lipinski definition) is 4. The minimum absolute atomic E-state index is 0.103. The molecule has 0 saturated carbocycles. The van der Waals surface area contributed by atoms with Crippen LogP contribution in [0.15, 0.2) is 30.6 Å². The Balaban J connectivity index is 1.85. The van der Waals surface area contributed by atoms with Gasteiger partial charge in [-0.2, -0.15) is 0 Å². The third-order valence-corrected chi connectivity index (χ3v) is 5.94. The highest BCUT2D eigenvalue weighted by Gasteiger charge is 2.28. The molecule has 0 radical (unpaired) electrons. The number of aryl methyl sites for hydroxylation is 1. The molecule has 0 atom stereocenters. The highest BCUT2D eigenvalue weighted by molar-refractivity contribution is 6.43. The van der Waals surface area contributed by atoms with Crippen LogP contribution in [0.1, 0.15) is 25.5 Å². The van der Waals surface area contributed by atoms with E-state index in [1.807, 2.05) is 29.7 Å². The first-order valence-corrected chi connectivity index (χ1v) is 9.45. The zero-order valence-corrected chi connectivity index (χ0v) is 16.3. The van der Waals surface area contributed by atoms with Gasteiger partial charge < -0.3 is 10.6 Å². The molecule has 4 rings (SSSR count). The van der Waals surface area contributed by atoms with E-state index in [2.05, 4.69) is 16.8 Å². The number of nitrogens with zero attached hydrogens (tertiary/aromatic N) is 4. The van der Waals surface area contributed by atoms with Crippen LogP contribution in [0.25, 0.3) is 16.8 Å². The summed E-state index contributed by atoms with van der Waals surface area (Å²) in [6.07, 6.45) is 5.60. The molecule has 0 unspecified atom stereocenters. The van der Waals surface area contributed by atoms with E-state index in [1.165, 1.54) is 0 Å². The Bertz CT molecular complexity index is 969. The summed E-state index contributed by atoms with van der Waals surface area (Å²) in [4.78, 5) is 11.8. The minimum atomic E-state index is -0.103. The van der Waals surface area contributed by atoms with E-state index in [1.54, 1.807) is 12.3 Å². The van der Waals surface area contributed by atoms with Crippen LogP contribution in [0.3, 0.4) is 0 Å². The molecule has 0 bridgehead atoms. The molecule has 5 nitrogen and oxygen atoms in total. The first-order chi connectivity index (χ1) is 12.4. The predicted octanol–water partition coefficient (Wildman–Crippen LogP) is 4.33. The van der Waals surface area contributed by atoms with E-state index in [-0.39, 0.29) is 5.54 Å². The molecule has 0 amide bonds. The zero-order valence-electron chi connectivity index (χ0n) is 14.8. The van der Waals surface area contributed by atoms with Gasteiger partial charge in [-0.1, -0.05) is 35.3 Å². The molecular weight excluding hydrogens is 369 g/mol. The molecule has 1 saturated heterocycles. The van der Waals surface area contributed by atoms with Crippen LogP contribution in [0.2, 0.25) is 10.0 Å². The molecular formula is C19H21Cl2N5. The highest BCUT2D eigenvalue weighted by Crippen LogP contribution is 2.38. The van der Waals surface area contributed by atoms with Crippen LogP contribution in [-0.4, -0.2) is 33.0 Å². The van der Waals surface area contributed by atoms with Crippen molar-refractivity contribution in [3.63, 3.8) is 0 Å². The second-order valence-corrected chi connectivity index (χ2v) is 8.02. The Morgan fingerprint density at radius 1 is 1.19 bits per heavy atom. The molecule has 1 aliphatic heterocycles. The maximum Gasteiger partial charge on any atom is 0.211 e. The molecule has 0 spiro atoms. The Labute approximate surface area is 162 Å². The summed E-state index contributed by atoms with van der Waals surface area (Å²) in [5.74, 6) is 0.896. The van der Waals surface area contributed by atoms with E-state index >= 15 is 0 Å². The number of piperidine rings is 1. The monoisotopic (exact) mass is 389 g/mol. The molecule has 3 heterocycles. The van der Waals surface area contributed by atoms with Crippen LogP contribution in [0.5, 0.6) is 0 Å². The lowest BCUT2D eigenvalue weighted by Gasteiger charge is -2.37. The number of rotatable bonds is 2. The summed E-state index contributed by atoms with van der Waals surface area (Å²) in [5.41, 5.74) is 9.64. The zero-order chi connectivity index (χ0) is 18.5. The van der Waals surface area contributed by atoms with Gasteiger partial charge in [0.15, 0.2) is 0 Å². The smallest absolute Gasteiger partial charge is 0.211 e. The third-order valence-electron chi connectivity index (χ3n) is 5.12. The summed E-state index contributed by atoms with van der Waals surface area (Å²) >= 11 is 12.7. The van der Waals surface area contributed by atoms with E-state index in [0.29, 0.717) is 10.0 Å². The van der Waals surface area contributed by atoms with Crippen molar-refractivity contribution in [2.75, 3.05) is 18.0 Å². The maximum atomic E-state index is 6.47. The van der Waals surface area contributed by atoms with Gasteiger partial charge in [0.25, 0.3) is 0 Å². The minimum Gasteiger partial charge on any atom is -0.342 e. The number of fused-ring (bicyclic) bond motifs is 1. The summed E-state index contributed by atoms with van der Waals surface area (Å²) in [6.45, 7) is 5.86. The van der Waals surface area contributed by atoms with E-state index < -0.39 is 0 Å². The van der Waals surface area contributed by atoms with Crippen LogP contribution in [-0.2, 0) is 0 Å². The normalized spacial score (nSPS) is 17.0. The Hall–Kier alpha value is -1.82. The average molecular weight is 390 g/mol. The van der Waals surface area contributed by atoms with Gasteiger partial charge in [0.1, 0.15) is 5.65 Å². The van der Waals surface area contributed by atoms with Crippen LogP contribution in [0.4, 0.5) is 5.95 Å². The second kappa shape index (κ2) is 6.41. The van der Waals surface area contributed by atoms with Crippen molar-refractivity contribution in [3.8, 4) is 11.1 Å². The fraction of sp³-hybridized carbons (Fsp3) is 0.368. The molecule has 136 valence electrons. The van der Waals surface area contributed by atoms with Crippen LogP contribution >= 0.6 is 23.2 Å². The van der Waals surface area contributed by atoms with Gasteiger partial charge in [0.2, 0.25) is 5.95 Å². The fourth-order valence-electron chi connectivity index (χ4n) is 3.52. The van der Waals surface area contributed by atoms with Gasteiger partial charge >= 0.3 is 0 Å². The number of aromatic nitrogens is 3. The molecule has 7 heteroatoms. The predicted molar refractivity (Wildman–Crippen MR) is 107 cm³/mol. The molecule has 1 aromatic carbocycles. The molecule has 1 aliphatic rings. The first-order valence-electron chi connectivity index (χ1n) is 8.69. The lowest BCUT2D eigenvalue weighted by Crippen LogP contribution is -2.48. The summed E-state index contributed by atoms with van der Waals surface area (Å²) in [6, 6.07) is 5.63. The van der Waals surface area contributed by atoms with E-state index in [0.717, 1.165) is 54.3 Å². The summed E-state index contributed by atoms with van der Waals surface area (Å²) in [5, 5.41) is 1.05. The third kappa shape index (κ3) is 2.94. The van der Waals surface area contributed by atoms with Gasteiger partial charge in [-0.15, -0.1) is 0 Å². The number of benzene rings is 1. The van der Waals surface area contributed by atoms with E-state index in [4.69, 9.17) is 33.9 Å². The van der Waals surface area contributed by atoms with Crippen molar-refractivity contribution in [2.24, 2.45) is 5.73 Å². The Kier molecular flexibility index (Phi) is 4.34. The lowest BCUT2D eigenvalue weighted by atomic mass is 9.91. The highest BCUT2D eigenvalue weighted by atomic mass is 35.5. The number of halogens is 2. The topological polar surface area (TPSA) is 59.5 Å². The maximum absolute atomic E-state index is 6.47. The van der Waals surface area contributed by atoms with Gasteiger partial charge in [-0.05, 0) is 32.8 Å². The Morgan fingerprint density at radius 3 is 2.65 bits per heavy atom. The molecule has 1 fully saturated rings. The number of hydrogen-bond donors (Lipinski definition) is 1.